The smallest absolute Gasteiger partial charge is 0.253 e. The first-order chi connectivity index (χ1) is 10.1. The van der Waals surface area contributed by atoms with Crippen LogP contribution in [-0.4, -0.2) is 16.7 Å². The Hall–Kier alpha value is -1.40. The van der Waals surface area contributed by atoms with E-state index in [0.29, 0.717) is 11.8 Å². The van der Waals surface area contributed by atoms with Crippen LogP contribution in [0.4, 0.5) is 0 Å². The van der Waals surface area contributed by atoms with Crippen molar-refractivity contribution in [2.45, 2.75) is 39.8 Å². The third-order valence-electron chi connectivity index (χ3n) is 3.11. The van der Waals surface area contributed by atoms with Crippen molar-refractivity contribution in [1.82, 2.24) is 15.5 Å². The molecule has 1 aromatic carbocycles. The monoisotopic (exact) mass is 353 g/mol. The first kappa shape index (κ1) is 16.0. The predicted octanol–water partition coefficient (Wildman–Crippen LogP) is 3.64. The van der Waals surface area contributed by atoms with Crippen LogP contribution in [0.1, 0.15) is 44.2 Å². The number of aryl methyl sites for hydroxylation is 1. The Kier molecular flexibility index (Phi) is 5.76. The number of rotatable bonds is 7. The Balaban J connectivity index is 2.12. The average Bonchev–Trinajstić information content (AvgIpc) is 2.93. The fourth-order valence-corrected chi connectivity index (χ4v) is 2.38. The summed E-state index contributed by atoms with van der Waals surface area (Å²) in [5.41, 5.74) is 1.11. The second-order valence-corrected chi connectivity index (χ2v) is 5.61. The summed E-state index contributed by atoms with van der Waals surface area (Å²) in [6.45, 7) is 7.35. The summed E-state index contributed by atoms with van der Waals surface area (Å²) in [4.78, 5) is 0. The molecule has 0 fully saturated rings. The Labute approximate surface area is 133 Å². The van der Waals surface area contributed by atoms with Crippen LogP contribution in [0.25, 0.3) is 0 Å². The molecule has 0 aliphatic rings. The lowest BCUT2D eigenvalue weighted by atomic mass is 10.1. The lowest BCUT2D eigenvalue weighted by molar-refractivity contribution is 0.255. The molecule has 1 atom stereocenters. The van der Waals surface area contributed by atoms with Crippen LogP contribution in [-0.2, 0) is 13.0 Å². The summed E-state index contributed by atoms with van der Waals surface area (Å²) >= 11 is 3.47. The van der Waals surface area contributed by atoms with Gasteiger partial charge < -0.3 is 14.5 Å². The van der Waals surface area contributed by atoms with Gasteiger partial charge in [-0.05, 0) is 25.6 Å². The first-order valence-corrected chi connectivity index (χ1v) is 7.90. The maximum absolute atomic E-state index is 5.86. The van der Waals surface area contributed by atoms with Crippen LogP contribution in [0.3, 0.4) is 0 Å². The second kappa shape index (κ2) is 7.56. The maximum Gasteiger partial charge on any atom is 0.253 e. The highest BCUT2D eigenvalue weighted by Crippen LogP contribution is 2.29. The van der Waals surface area contributed by atoms with E-state index in [-0.39, 0.29) is 12.6 Å². The zero-order valence-corrected chi connectivity index (χ0v) is 14.1. The van der Waals surface area contributed by atoms with E-state index < -0.39 is 0 Å². The standard InChI is InChI=1S/C15H20BrN3O2/c1-4-14-18-19-15(21-14)9-20-13-8-11(16)6-7-12(13)10(3)17-5-2/h6-8,10,17H,4-5,9H2,1-3H3. The molecule has 0 saturated heterocycles. The Morgan fingerprint density at radius 3 is 2.71 bits per heavy atom. The van der Waals surface area contributed by atoms with E-state index >= 15 is 0 Å². The van der Waals surface area contributed by atoms with Gasteiger partial charge in [-0.2, -0.15) is 0 Å². The minimum absolute atomic E-state index is 0.215. The largest absolute Gasteiger partial charge is 0.483 e. The van der Waals surface area contributed by atoms with Crippen molar-refractivity contribution in [2.75, 3.05) is 6.54 Å². The molecule has 0 spiro atoms. The Morgan fingerprint density at radius 2 is 2.05 bits per heavy atom. The van der Waals surface area contributed by atoms with Crippen molar-refractivity contribution in [1.29, 1.82) is 0 Å². The number of benzene rings is 1. The van der Waals surface area contributed by atoms with E-state index in [9.17, 15) is 0 Å². The average molecular weight is 354 g/mol. The molecule has 0 radical (unpaired) electrons. The molecular weight excluding hydrogens is 334 g/mol. The number of nitrogens with one attached hydrogen (secondary N) is 1. The number of aromatic nitrogens is 2. The fraction of sp³-hybridized carbons (Fsp3) is 0.467. The molecule has 0 bridgehead atoms. The maximum atomic E-state index is 5.86. The van der Waals surface area contributed by atoms with E-state index in [0.717, 1.165) is 28.8 Å². The lowest BCUT2D eigenvalue weighted by Crippen LogP contribution is -2.18. The molecule has 1 aromatic heterocycles. The zero-order chi connectivity index (χ0) is 15.2. The van der Waals surface area contributed by atoms with Gasteiger partial charge in [0.05, 0.1) is 0 Å². The Morgan fingerprint density at radius 1 is 1.29 bits per heavy atom. The van der Waals surface area contributed by atoms with Crippen LogP contribution < -0.4 is 10.1 Å². The van der Waals surface area contributed by atoms with Crippen molar-refractivity contribution in [3.05, 3.63) is 40.0 Å². The van der Waals surface area contributed by atoms with E-state index in [1.807, 2.05) is 19.1 Å². The summed E-state index contributed by atoms with van der Waals surface area (Å²) < 4.78 is 12.3. The highest BCUT2D eigenvalue weighted by molar-refractivity contribution is 9.10. The van der Waals surface area contributed by atoms with Crippen molar-refractivity contribution in [3.63, 3.8) is 0 Å². The predicted molar refractivity (Wildman–Crippen MR) is 84.2 cm³/mol. The summed E-state index contributed by atoms with van der Waals surface area (Å²) in [6, 6.07) is 6.24. The minimum Gasteiger partial charge on any atom is -0.483 e. The molecule has 1 unspecified atom stereocenters. The third-order valence-corrected chi connectivity index (χ3v) is 3.61. The van der Waals surface area contributed by atoms with Gasteiger partial charge in [-0.15, -0.1) is 10.2 Å². The molecule has 0 aliphatic carbocycles. The number of ether oxygens (including phenoxy) is 1. The lowest BCUT2D eigenvalue weighted by Gasteiger charge is -2.17. The SMILES string of the molecule is CCNC(C)c1ccc(Br)cc1OCc1nnc(CC)o1. The normalized spacial score (nSPS) is 12.4. The number of hydrogen-bond acceptors (Lipinski definition) is 5. The van der Waals surface area contributed by atoms with E-state index in [1.54, 1.807) is 0 Å². The van der Waals surface area contributed by atoms with E-state index in [1.165, 1.54) is 0 Å². The summed E-state index contributed by atoms with van der Waals surface area (Å²) in [5, 5.41) is 11.3. The fourth-order valence-electron chi connectivity index (χ4n) is 2.04. The molecule has 0 saturated carbocycles. The van der Waals surface area contributed by atoms with Gasteiger partial charge >= 0.3 is 0 Å². The molecule has 0 amide bonds. The number of halogens is 1. The van der Waals surface area contributed by atoms with Gasteiger partial charge in [0.2, 0.25) is 5.89 Å². The summed E-state index contributed by atoms with van der Waals surface area (Å²) in [6.07, 6.45) is 0.729. The van der Waals surface area contributed by atoms with Crippen molar-refractivity contribution >= 4 is 15.9 Å². The van der Waals surface area contributed by atoms with Gasteiger partial charge in [0.1, 0.15) is 5.75 Å². The van der Waals surface area contributed by atoms with Crippen LogP contribution in [0, 0.1) is 0 Å². The van der Waals surface area contributed by atoms with Gasteiger partial charge in [-0.25, -0.2) is 0 Å². The second-order valence-electron chi connectivity index (χ2n) is 4.69. The minimum atomic E-state index is 0.215. The highest BCUT2D eigenvalue weighted by Gasteiger charge is 2.13. The molecule has 2 rings (SSSR count). The molecule has 6 heteroatoms. The van der Waals surface area contributed by atoms with E-state index in [2.05, 4.69) is 51.4 Å². The van der Waals surface area contributed by atoms with Gasteiger partial charge in [-0.3, -0.25) is 0 Å². The molecule has 1 heterocycles. The number of hydrogen-bond donors (Lipinski definition) is 1. The van der Waals surface area contributed by atoms with Crippen molar-refractivity contribution < 1.29 is 9.15 Å². The van der Waals surface area contributed by atoms with Crippen LogP contribution >= 0.6 is 15.9 Å². The topological polar surface area (TPSA) is 60.2 Å². The van der Waals surface area contributed by atoms with Crippen LogP contribution in [0.2, 0.25) is 0 Å². The van der Waals surface area contributed by atoms with Gasteiger partial charge in [0.25, 0.3) is 5.89 Å². The van der Waals surface area contributed by atoms with Gasteiger partial charge in [0, 0.05) is 22.5 Å². The quantitative estimate of drug-likeness (QED) is 0.823. The van der Waals surface area contributed by atoms with Crippen LogP contribution in [0.5, 0.6) is 5.75 Å². The zero-order valence-electron chi connectivity index (χ0n) is 12.5. The van der Waals surface area contributed by atoms with Gasteiger partial charge in [-0.1, -0.05) is 35.8 Å². The molecule has 114 valence electrons. The molecule has 5 nitrogen and oxygen atoms in total. The third kappa shape index (κ3) is 4.28. The first-order valence-electron chi connectivity index (χ1n) is 7.10. The molecule has 2 aromatic rings. The summed E-state index contributed by atoms with van der Waals surface area (Å²) in [7, 11) is 0. The van der Waals surface area contributed by atoms with Crippen molar-refractivity contribution in [3.8, 4) is 5.75 Å². The molecule has 0 aliphatic heterocycles. The van der Waals surface area contributed by atoms with Gasteiger partial charge in [0.15, 0.2) is 6.61 Å². The van der Waals surface area contributed by atoms with Crippen molar-refractivity contribution in [2.24, 2.45) is 0 Å². The molecular formula is C15H20BrN3O2. The summed E-state index contributed by atoms with van der Waals surface area (Å²) in [5.74, 6) is 1.94. The highest BCUT2D eigenvalue weighted by atomic mass is 79.9. The Bertz CT molecular complexity index is 586. The van der Waals surface area contributed by atoms with Crippen LogP contribution in [0.15, 0.2) is 27.1 Å². The van der Waals surface area contributed by atoms with E-state index in [4.69, 9.17) is 9.15 Å². The number of nitrogens with zero attached hydrogens (tertiary/aromatic N) is 2. The molecule has 1 N–H and O–H groups in total. The molecule has 21 heavy (non-hydrogen) atoms.